The van der Waals surface area contributed by atoms with E-state index in [1.807, 2.05) is 18.2 Å². The topological polar surface area (TPSA) is 55.4 Å². The molecule has 0 radical (unpaired) electrons. The predicted octanol–water partition coefficient (Wildman–Crippen LogP) is 0.829. The Kier molecular flexibility index (Phi) is 9.21. The van der Waals surface area contributed by atoms with E-state index in [4.69, 9.17) is 0 Å². The van der Waals surface area contributed by atoms with E-state index in [0.29, 0.717) is 24.3 Å². The van der Waals surface area contributed by atoms with Crippen molar-refractivity contribution in [1.82, 2.24) is 0 Å². The summed E-state index contributed by atoms with van der Waals surface area (Å²) in [6.45, 7) is 0.919. The maximum absolute atomic E-state index is 14.1. The molecular weight excluding hydrogens is 423 g/mol. The molecule has 162 valence electrons. The van der Waals surface area contributed by atoms with Crippen LogP contribution in [0.2, 0.25) is 0 Å². The Bertz CT molecular complexity index is 906. The van der Waals surface area contributed by atoms with Crippen LogP contribution in [0.5, 0.6) is 0 Å². The molecule has 0 atom stereocenters. The van der Waals surface area contributed by atoms with Crippen molar-refractivity contribution in [3.63, 3.8) is 0 Å². The van der Waals surface area contributed by atoms with Crippen LogP contribution in [0.25, 0.3) is 0 Å². The molecule has 0 saturated carbocycles. The minimum Gasteiger partial charge on any atom is -0.550 e. The van der Waals surface area contributed by atoms with Gasteiger partial charge in [-0.15, -0.1) is 0 Å². The maximum Gasteiger partial charge on any atom is 1.00 e. The van der Waals surface area contributed by atoms with E-state index in [1.165, 1.54) is 12.1 Å². The summed E-state index contributed by atoms with van der Waals surface area (Å²) in [6, 6.07) is 10.3. The summed E-state index contributed by atoms with van der Waals surface area (Å²) in [5.74, 6) is -1.72. The van der Waals surface area contributed by atoms with Crippen molar-refractivity contribution in [3.8, 4) is 0 Å². The first-order valence-corrected chi connectivity index (χ1v) is 9.87. The van der Waals surface area contributed by atoms with E-state index < -0.39 is 24.4 Å². The summed E-state index contributed by atoms with van der Waals surface area (Å²) in [5, 5.41) is 13.6. The van der Waals surface area contributed by atoms with Crippen molar-refractivity contribution < 1.29 is 57.0 Å². The van der Waals surface area contributed by atoms with Crippen LogP contribution < -0.4 is 44.9 Å². The van der Waals surface area contributed by atoms with E-state index in [9.17, 15) is 27.5 Å². The Morgan fingerprint density at radius 2 is 1.94 bits per heavy atom. The average molecular weight is 446 g/mol. The summed E-state index contributed by atoms with van der Waals surface area (Å²) in [6.07, 6.45) is -3.56. The number of alkyl halides is 3. The van der Waals surface area contributed by atoms with Gasteiger partial charge in [0.2, 0.25) is 0 Å². The average Bonchev–Trinajstić information content (AvgIpc) is 2.69. The zero-order valence-electron chi connectivity index (χ0n) is 17.4. The normalized spacial score (nSPS) is 13.4. The molecule has 2 aromatic carbocycles. The molecule has 0 unspecified atom stereocenters. The Balaban J connectivity index is 0.00000341. The first-order chi connectivity index (χ1) is 14.2. The van der Waals surface area contributed by atoms with Gasteiger partial charge >= 0.3 is 35.7 Å². The SMILES string of the molecule is O=C([O-])CCc1ccc(NCc2ccc3c(c2)N(CCC(F)(F)F)CCC3)cc1F.[Na+]. The van der Waals surface area contributed by atoms with Crippen LogP contribution in [0.4, 0.5) is 28.9 Å². The van der Waals surface area contributed by atoms with Gasteiger partial charge < -0.3 is 20.1 Å². The van der Waals surface area contributed by atoms with Gasteiger partial charge in [0, 0.05) is 37.0 Å². The number of benzene rings is 2. The third-order valence-electron chi connectivity index (χ3n) is 5.18. The molecular formula is C22H23F4N2NaO2. The molecule has 0 amide bonds. The smallest absolute Gasteiger partial charge is 0.550 e. The first kappa shape index (κ1) is 25.5. The van der Waals surface area contributed by atoms with Crippen LogP contribution in [0.15, 0.2) is 36.4 Å². The molecule has 1 aliphatic rings. The summed E-state index contributed by atoms with van der Waals surface area (Å²) >= 11 is 0. The van der Waals surface area contributed by atoms with Crippen molar-refractivity contribution in [1.29, 1.82) is 0 Å². The minimum absolute atomic E-state index is 0. The molecule has 1 N–H and O–H groups in total. The zero-order valence-corrected chi connectivity index (χ0v) is 19.4. The van der Waals surface area contributed by atoms with Crippen molar-refractivity contribution in [2.45, 2.75) is 44.8 Å². The van der Waals surface area contributed by atoms with Crippen LogP contribution in [0.3, 0.4) is 0 Å². The Morgan fingerprint density at radius 3 is 2.61 bits per heavy atom. The van der Waals surface area contributed by atoms with Gasteiger partial charge in [-0.2, -0.15) is 13.2 Å². The monoisotopic (exact) mass is 446 g/mol. The number of carbonyl (C=O) groups is 1. The van der Waals surface area contributed by atoms with E-state index in [-0.39, 0.29) is 48.9 Å². The van der Waals surface area contributed by atoms with Gasteiger partial charge in [-0.25, -0.2) is 4.39 Å². The summed E-state index contributed by atoms with van der Waals surface area (Å²) < 4.78 is 52.0. The molecule has 3 rings (SSSR count). The molecule has 0 aliphatic carbocycles. The molecule has 0 aromatic heterocycles. The second-order valence-corrected chi connectivity index (χ2v) is 7.45. The number of hydrogen-bond acceptors (Lipinski definition) is 4. The summed E-state index contributed by atoms with van der Waals surface area (Å²) in [4.78, 5) is 12.3. The van der Waals surface area contributed by atoms with Crippen LogP contribution in [0, 0.1) is 5.82 Å². The third kappa shape index (κ3) is 7.70. The van der Waals surface area contributed by atoms with Crippen molar-refractivity contribution in [3.05, 3.63) is 58.9 Å². The summed E-state index contributed by atoms with van der Waals surface area (Å²) in [7, 11) is 0. The number of aliphatic carboxylic acids is 1. The number of nitrogens with one attached hydrogen (secondary N) is 1. The molecule has 0 spiro atoms. The van der Waals surface area contributed by atoms with Gasteiger partial charge in [0.1, 0.15) is 5.82 Å². The zero-order chi connectivity index (χ0) is 21.7. The third-order valence-corrected chi connectivity index (χ3v) is 5.18. The molecule has 1 aliphatic heterocycles. The largest absolute Gasteiger partial charge is 1.00 e. The van der Waals surface area contributed by atoms with E-state index in [2.05, 4.69) is 5.32 Å². The number of rotatable bonds is 8. The van der Waals surface area contributed by atoms with Crippen molar-refractivity contribution in [2.75, 3.05) is 23.3 Å². The summed E-state index contributed by atoms with van der Waals surface area (Å²) in [5.41, 5.74) is 3.59. The number of carboxylic acid groups (broad SMARTS) is 1. The van der Waals surface area contributed by atoms with Gasteiger partial charge in [-0.05, 0) is 60.6 Å². The Hall–Kier alpha value is -1.77. The molecule has 0 saturated heterocycles. The van der Waals surface area contributed by atoms with Gasteiger partial charge in [-0.3, -0.25) is 0 Å². The van der Waals surface area contributed by atoms with Gasteiger partial charge in [-0.1, -0.05) is 18.2 Å². The standard InChI is InChI=1S/C22H24F4N2O2.Na/c23-19-13-18(7-5-16(19)6-8-21(29)30)27-14-15-3-4-17-2-1-10-28(20(17)12-15)11-9-22(24,25)26;/h3-5,7,12-13,27H,1-2,6,8-11,14H2,(H,29,30);/q;+1/p-1. The maximum atomic E-state index is 14.1. The fraction of sp³-hybridized carbons (Fsp3) is 0.409. The van der Waals surface area contributed by atoms with Crippen LogP contribution in [0.1, 0.15) is 36.0 Å². The fourth-order valence-corrected chi connectivity index (χ4v) is 3.60. The van der Waals surface area contributed by atoms with Crippen LogP contribution in [-0.2, 0) is 24.2 Å². The number of carbonyl (C=O) groups excluding carboxylic acids is 1. The molecule has 2 aromatic rings. The molecule has 4 nitrogen and oxygen atoms in total. The van der Waals surface area contributed by atoms with Crippen LogP contribution >= 0.6 is 0 Å². The van der Waals surface area contributed by atoms with Crippen molar-refractivity contribution >= 4 is 17.3 Å². The molecule has 1 heterocycles. The number of halogens is 4. The number of fused-ring (bicyclic) bond motifs is 1. The number of aryl methyl sites for hydroxylation is 2. The molecule has 31 heavy (non-hydrogen) atoms. The number of anilines is 2. The second-order valence-electron chi connectivity index (χ2n) is 7.45. The second kappa shape index (κ2) is 11.2. The van der Waals surface area contributed by atoms with Gasteiger partial charge in [0.15, 0.2) is 0 Å². The molecule has 0 fully saturated rings. The quantitative estimate of drug-likeness (QED) is 0.482. The van der Waals surface area contributed by atoms with E-state index in [0.717, 1.165) is 29.7 Å². The van der Waals surface area contributed by atoms with Crippen LogP contribution in [-0.4, -0.2) is 25.2 Å². The molecule has 9 heteroatoms. The number of nitrogens with zero attached hydrogens (tertiary/aromatic N) is 1. The van der Waals surface area contributed by atoms with Gasteiger partial charge in [0.25, 0.3) is 0 Å². The fourth-order valence-electron chi connectivity index (χ4n) is 3.60. The predicted molar refractivity (Wildman–Crippen MR) is 105 cm³/mol. The van der Waals surface area contributed by atoms with E-state index >= 15 is 0 Å². The molecule has 0 bridgehead atoms. The van der Waals surface area contributed by atoms with E-state index in [1.54, 1.807) is 11.0 Å². The number of carboxylic acids is 1. The van der Waals surface area contributed by atoms with Gasteiger partial charge in [0.05, 0.1) is 6.42 Å². The van der Waals surface area contributed by atoms with Crippen molar-refractivity contribution in [2.24, 2.45) is 0 Å². The Labute approximate surface area is 200 Å². The minimum atomic E-state index is -4.19. The number of hydrogen-bond donors (Lipinski definition) is 1. The first-order valence-electron chi connectivity index (χ1n) is 9.87. The Morgan fingerprint density at radius 1 is 1.16 bits per heavy atom.